The smallest absolute Gasteiger partial charge is 0.325 e. The number of nitrogens with zero attached hydrogens (tertiary/aromatic N) is 3. The Balaban J connectivity index is 1.87. The van der Waals surface area contributed by atoms with Crippen LogP contribution >= 0.6 is 21.6 Å². The van der Waals surface area contributed by atoms with Gasteiger partial charge < -0.3 is 24.7 Å². The van der Waals surface area contributed by atoms with Crippen molar-refractivity contribution in [2.45, 2.75) is 59.7 Å². The molecule has 0 fully saturated rings. The van der Waals surface area contributed by atoms with Crippen LogP contribution in [-0.4, -0.2) is 69.8 Å². The number of hydrogen-bond donors (Lipinski definition) is 2. The number of nitrogens with one attached hydrogen (secondary N) is 2. The van der Waals surface area contributed by atoms with E-state index in [9.17, 15) is 18.8 Å². The van der Waals surface area contributed by atoms with Gasteiger partial charge in [-0.3, -0.25) is 19.0 Å². The summed E-state index contributed by atoms with van der Waals surface area (Å²) in [5.74, 6) is 0.0559. The van der Waals surface area contributed by atoms with E-state index in [1.54, 1.807) is 37.5 Å². The van der Waals surface area contributed by atoms with Crippen LogP contribution in [0.3, 0.4) is 0 Å². The Morgan fingerprint density at radius 2 is 1.72 bits per heavy atom. The van der Waals surface area contributed by atoms with Crippen molar-refractivity contribution in [3.05, 3.63) is 74.9 Å². The van der Waals surface area contributed by atoms with Crippen LogP contribution in [0.5, 0.6) is 5.75 Å². The summed E-state index contributed by atoms with van der Waals surface area (Å²) in [5, 5.41) is 6.75. The molecular formula is C37H49ClFN5O5S. The lowest BCUT2D eigenvalue weighted by Crippen LogP contribution is -2.46. The number of amides is 1. The first-order valence-electron chi connectivity index (χ1n) is 16.3. The third-order valence-corrected chi connectivity index (χ3v) is 9.63. The molecule has 272 valence electrons. The fraction of sp³-hybridized carbons (Fsp3) is 0.459. The molecule has 1 amide bonds. The van der Waals surface area contributed by atoms with Gasteiger partial charge in [-0.15, -0.1) is 0 Å². The molecular weight excluding hydrogens is 681 g/mol. The number of methoxy groups -OCH3 is 1. The second kappa shape index (κ2) is 15.1. The summed E-state index contributed by atoms with van der Waals surface area (Å²) in [6.07, 6.45) is 8.91. The van der Waals surface area contributed by atoms with Gasteiger partial charge in [0, 0.05) is 36.6 Å². The molecule has 2 aromatic carbocycles. The van der Waals surface area contributed by atoms with Crippen LogP contribution in [0.25, 0.3) is 22.2 Å². The van der Waals surface area contributed by atoms with Gasteiger partial charge in [-0.2, -0.15) is 4.98 Å². The maximum atomic E-state index is 14.1. The van der Waals surface area contributed by atoms with Gasteiger partial charge in [0.25, 0.3) is 11.5 Å². The zero-order chi connectivity index (χ0) is 37.2. The number of carbonyl (C=O) groups is 2. The summed E-state index contributed by atoms with van der Waals surface area (Å²) < 4.78 is 27.5. The zero-order valence-electron chi connectivity index (χ0n) is 30.6. The summed E-state index contributed by atoms with van der Waals surface area (Å²) in [7, 11) is 1.98. The topological polar surface area (TPSA) is 116 Å². The molecule has 2 aromatic heterocycles. The number of aromatic nitrogens is 3. The molecule has 0 aliphatic rings. The number of hydrogen-bond acceptors (Lipinski definition) is 7. The first kappa shape index (κ1) is 38.8. The average molecular weight is 730 g/mol. The van der Waals surface area contributed by atoms with E-state index in [1.165, 1.54) is 28.4 Å². The molecule has 4 rings (SSSR count). The number of anilines is 1. The molecule has 0 bridgehead atoms. The highest BCUT2D eigenvalue weighted by Crippen LogP contribution is 2.39. The van der Waals surface area contributed by atoms with Gasteiger partial charge in [-0.1, -0.05) is 44.5 Å². The zero-order valence-corrected chi connectivity index (χ0v) is 32.2. The van der Waals surface area contributed by atoms with Gasteiger partial charge in [0.15, 0.2) is 11.4 Å². The lowest BCUT2D eigenvalue weighted by atomic mass is 9.81. The highest BCUT2D eigenvalue weighted by atomic mass is 35.5. The molecule has 0 radical (unpaired) electrons. The van der Waals surface area contributed by atoms with Gasteiger partial charge in [0.1, 0.15) is 12.4 Å². The van der Waals surface area contributed by atoms with Crippen LogP contribution in [0, 0.1) is 11.2 Å². The van der Waals surface area contributed by atoms with Crippen molar-refractivity contribution in [3.63, 3.8) is 0 Å². The molecule has 10 nitrogen and oxygen atoms in total. The number of carbonyl (C=O) groups excluding carboxylic acids is 2. The minimum absolute atomic E-state index is 0.0493. The Bertz CT molecular complexity index is 1940. The van der Waals surface area contributed by atoms with Gasteiger partial charge in [0.2, 0.25) is 5.95 Å². The van der Waals surface area contributed by atoms with Gasteiger partial charge in [-0.25, -0.2) is 14.4 Å². The summed E-state index contributed by atoms with van der Waals surface area (Å²) in [6, 6.07) is 9.31. The quantitative estimate of drug-likeness (QED) is 0.143. The molecule has 0 atom stereocenters. The number of benzene rings is 2. The van der Waals surface area contributed by atoms with Crippen molar-refractivity contribution >= 4 is 50.5 Å². The lowest BCUT2D eigenvalue weighted by Gasteiger charge is -2.33. The molecule has 0 aliphatic carbocycles. The van der Waals surface area contributed by atoms with Gasteiger partial charge in [-0.05, 0) is 79.8 Å². The van der Waals surface area contributed by atoms with Crippen LogP contribution in [-0.2, 0) is 29.7 Å². The van der Waals surface area contributed by atoms with Crippen molar-refractivity contribution in [2.75, 3.05) is 43.6 Å². The average Bonchev–Trinajstić information content (AvgIpc) is 3.35. The van der Waals surface area contributed by atoms with Crippen LogP contribution in [0.1, 0.15) is 57.0 Å². The highest BCUT2D eigenvalue weighted by Gasteiger charge is 2.30. The fourth-order valence-electron chi connectivity index (χ4n) is 6.00. The lowest BCUT2D eigenvalue weighted by molar-refractivity contribution is -0.141. The third-order valence-electron chi connectivity index (χ3n) is 7.95. The largest absolute Gasteiger partial charge is 0.490 e. The standard InChI is InChI=1S/C37H49ClFN5O5S/c1-36(2,3)22-37(4,5)42-33(46)26-17-24(18-28(38)31(26)49-15-16-50(8,9)10)27-20-44(21-29(45)48-7)32-30(27)34(47)43(6)35(41-32)40-19-23-11-13-25(39)14-12-23/h11-14,17-18,20H,15-16,19,21-22H2,1-10H3,(H,40,41)(H,42,46). The Kier molecular flexibility index (Phi) is 11.7. The first-order chi connectivity index (χ1) is 23.2. The summed E-state index contributed by atoms with van der Waals surface area (Å²) in [6.45, 7) is 10.7. The summed E-state index contributed by atoms with van der Waals surface area (Å²) in [4.78, 5) is 45.4. The number of rotatable bonds is 13. The van der Waals surface area contributed by atoms with E-state index in [2.05, 4.69) is 50.2 Å². The van der Waals surface area contributed by atoms with E-state index in [0.717, 1.165) is 11.3 Å². The van der Waals surface area contributed by atoms with Crippen molar-refractivity contribution in [1.29, 1.82) is 0 Å². The minimum Gasteiger partial charge on any atom is -0.490 e. The van der Waals surface area contributed by atoms with E-state index >= 15 is 0 Å². The van der Waals surface area contributed by atoms with Crippen LogP contribution in [0.2, 0.25) is 5.02 Å². The molecule has 0 spiro atoms. The van der Waals surface area contributed by atoms with Crippen molar-refractivity contribution in [2.24, 2.45) is 12.5 Å². The maximum Gasteiger partial charge on any atom is 0.325 e. The predicted octanol–water partition coefficient (Wildman–Crippen LogP) is 7.00. The molecule has 2 heterocycles. The Morgan fingerprint density at radius 3 is 2.32 bits per heavy atom. The minimum atomic E-state index is -0.882. The Morgan fingerprint density at radius 1 is 1.06 bits per heavy atom. The second-order valence-corrected chi connectivity index (χ2v) is 20.3. The SMILES string of the molecule is COC(=O)Cn1cc(-c2cc(Cl)c(OCCS(C)(C)C)c(C(=O)NC(C)(C)CC(C)(C)C)c2)c2c(=O)n(C)c(NCc3ccc(F)cc3)nc21. The van der Waals surface area contributed by atoms with E-state index in [0.29, 0.717) is 24.2 Å². The number of fused-ring (bicyclic) bond motifs is 1. The van der Waals surface area contributed by atoms with E-state index in [1.807, 2.05) is 13.8 Å². The molecule has 2 N–H and O–H groups in total. The van der Waals surface area contributed by atoms with Crippen LogP contribution in [0.15, 0.2) is 47.4 Å². The predicted molar refractivity (Wildman–Crippen MR) is 203 cm³/mol. The normalized spacial score (nSPS) is 12.6. The van der Waals surface area contributed by atoms with Crippen LogP contribution < -0.4 is 20.9 Å². The van der Waals surface area contributed by atoms with Crippen molar-refractivity contribution in [1.82, 2.24) is 19.4 Å². The Hall–Kier alpha value is -4.03. The second-order valence-electron chi connectivity index (χ2n) is 15.3. The van der Waals surface area contributed by atoms with E-state index in [-0.39, 0.29) is 63.5 Å². The fourth-order valence-corrected chi connectivity index (χ4v) is 6.86. The van der Waals surface area contributed by atoms with Crippen LogP contribution in [0.4, 0.5) is 10.3 Å². The molecule has 0 aliphatic heterocycles. The maximum absolute atomic E-state index is 14.1. The number of esters is 1. The summed E-state index contributed by atoms with van der Waals surface area (Å²) >= 11 is 6.91. The monoisotopic (exact) mass is 729 g/mol. The molecule has 13 heteroatoms. The van der Waals surface area contributed by atoms with Crippen molar-refractivity contribution < 1.29 is 23.5 Å². The highest BCUT2D eigenvalue weighted by molar-refractivity contribution is 8.32. The third kappa shape index (κ3) is 9.81. The van der Waals surface area contributed by atoms with E-state index < -0.39 is 27.1 Å². The molecule has 50 heavy (non-hydrogen) atoms. The molecule has 4 aromatic rings. The van der Waals surface area contributed by atoms with Gasteiger partial charge >= 0.3 is 5.97 Å². The summed E-state index contributed by atoms with van der Waals surface area (Å²) in [5.41, 5.74) is 1.15. The number of ether oxygens (including phenoxy) is 2. The Labute approximate surface area is 300 Å². The van der Waals surface area contributed by atoms with E-state index in [4.69, 9.17) is 26.1 Å². The first-order valence-corrected chi connectivity index (χ1v) is 19.7. The molecule has 0 saturated carbocycles. The number of halogens is 2. The molecule has 0 unspecified atom stereocenters. The van der Waals surface area contributed by atoms with Gasteiger partial charge in [0.05, 0.1) is 29.7 Å². The molecule has 0 saturated heterocycles. The van der Waals surface area contributed by atoms with Crippen molar-refractivity contribution in [3.8, 4) is 16.9 Å².